The van der Waals surface area contributed by atoms with E-state index in [2.05, 4.69) is 30.1 Å². The van der Waals surface area contributed by atoms with Crippen LogP contribution in [0.4, 0.5) is 5.95 Å². The molecule has 0 aliphatic carbocycles. The Bertz CT molecular complexity index is 659. The summed E-state index contributed by atoms with van der Waals surface area (Å²) in [6, 6.07) is 1.82. The number of carboxylic acids is 1. The monoisotopic (exact) mass is 337 g/mol. The third-order valence-electron chi connectivity index (χ3n) is 3.95. The number of nitrogens with zero attached hydrogens (tertiary/aromatic N) is 7. The molecule has 1 saturated heterocycles. The maximum Gasteiger partial charge on any atom is 1.00 e. The predicted octanol–water partition coefficient (Wildman–Crippen LogP) is -4.08. The first-order valence-electron chi connectivity index (χ1n) is 8.04. The van der Waals surface area contributed by atoms with E-state index in [1.807, 2.05) is 12.3 Å². The molecule has 0 atom stereocenters. The second-order valence-electron chi connectivity index (χ2n) is 5.76. The van der Waals surface area contributed by atoms with Gasteiger partial charge in [-0.15, -0.1) is 5.10 Å². The van der Waals surface area contributed by atoms with E-state index in [1.165, 1.54) is 0 Å². The number of piperazine rings is 1. The fourth-order valence-corrected chi connectivity index (χ4v) is 2.70. The van der Waals surface area contributed by atoms with Crippen LogP contribution in [0.3, 0.4) is 0 Å². The number of hydrogen-bond donors (Lipinski definition) is 0. The molecule has 9 nitrogen and oxygen atoms in total. The zero-order valence-electron chi connectivity index (χ0n) is 14.4. The summed E-state index contributed by atoms with van der Waals surface area (Å²) in [5.41, 5.74) is 0.896. The molecule has 3 rings (SSSR count). The van der Waals surface area contributed by atoms with Crippen LogP contribution >= 0.6 is 0 Å². The zero-order chi connectivity index (χ0) is 16.8. The molecule has 0 unspecified atom stereocenters. The smallest absolute Gasteiger partial charge is 0.550 e. The minimum Gasteiger partial charge on any atom is -0.550 e. The summed E-state index contributed by atoms with van der Waals surface area (Å²) in [4.78, 5) is 23.5. The van der Waals surface area contributed by atoms with E-state index in [0.717, 1.165) is 44.4 Å². The molecule has 25 heavy (non-hydrogen) atoms. The Morgan fingerprint density at radius 1 is 1.16 bits per heavy atom. The van der Waals surface area contributed by atoms with Gasteiger partial charge in [0.1, 0.15) is 0 Å². The third-order valence-corrected chi connectivity index (χ3v) is 3.95. The van der Waals surface area contributed by atoms with Crippen molar-refractivity contribution in [3.8, 4) is 0 Å². The van der Waals surface area contributed by atoms with Crippen LogP contribution in [0, 0.1) is 0 Å². The summed E-state index contributed by atoms with van der Waals surface area (Å²) >= 11 is 0. The zero-order valence-corrected chi connectivity index (χ0v) is 14.4. The van der Waals surface area contributed by atoms with Crippen molar-refractivity contribution in [2.24, 2.45) is 0 Å². The maximum absolute atomic E-state index is 10.4. The van der Waals surface area contributed by atoms with Crippen molar-refractivity contribution in [1.82, 2.24) is 29.9 Å². The number of aromatic nitrogens is 5. The molecule has 3 heterocycles. The second-order valence-corrected chi connectivity index (χ2v) is 5.76. The van der Waals surface area contributed by atoms with Crippen molar-refractivity contribution in [2.45, 2.75) is 25.9 Å². The normalized spacial score (nSPS) is 15.0. The van der Waals surface area contributed by atoms with Gasteiger partial charge in [0, 0.05) is 63.8 Å². The SMILES string of the molecule is O=C([O-])CCCn1cc(CN2CCN(c3ncccn3)CC2)nn1.[Li+]. The first kappa shape index (κ1) is 19.4. The fourth-order valence-electron chi connectivity index (χ4n) is 2.70. The molecule has 0 amide bonds. The number of aryl methyl sites for hydroxylation is 1. The van der Waals surface area contributed by atoms with Crippen molar-refractivity contribution >= 4 is 11.9 Å². The van der Waals surface area contributed by atoms with E-state index in [0.29, 0.717) is 13.0 Å². The Labute approximate surface area is 158 Å². The van der Waals surface area contributed by atoms with Crippen LogP contribution in [0.5, 0.6) is 0 Å². The van der Waals surface area contributed by atoms with Crippen LogP contribution in [0.1, 0.15) is 18.5 Å². The topological polar surface area (TPSA) is 103 Å². The average molecular weight is 337 g/mol. The van der Waals surface area contributed by atoms with Crippen LogP contribution < -0.4 is 28.9 Å². The maximum atomic E-state index is 10.4. The molecule has 1 aliphatic heterocycles. The standard InChI is InChI=1S/C15H21N7O2.Li/c23-14(24)3-1-6-22-12-13(18-19-22)11-20-7-9-21(10-8-20)15-16-4-2-5-17-15;/h2,4-5,12H,1,3,6-11H2,(H,23,24);/q;+1/p-1. The summed E-state index contributed by atoms with van der Waals surface area (Å²) in [6.07, 6.45) is 5.93. The molecule has 2 aromatic rings. The molecule has 1 fully saturated rings. The average Bonchev–Trinajstić information content (AvgIpc) is 3.03. The fraction of sp³-hybridized carbons (Fsp3) is 0.533. The van der Waals surface area contributed by atoms with Gasteiger partial charge in [-0.25, -0.2) is 9.97 Å². The van der Waals surface area contributed by atoms with Gasteiger partial charge in [0.05, 0.1) is 5.69 Å². The Hall–Kier alpha value is -1.95. The third kappa shape index (κ3) is 5.81. The number of hydrogen-bond acceptors (Lipinski definition) is 8. The molecule has 10 heteroatoms. The van der Waals surface area contributed by atoms with Crippen molar-refractivity contribution in [2.75, 3.05) is 31.1 Å². The molecule has 128 valence electrons. The molecular formula is C15H20LiN7O2. The van der Waals surface area contributed by atoms with Crippen molar-refractivity contribution in [3.05, 3.63) is 30.4 Å². The molecule has 0 N–H and O–H groups in total. The van der Waals surface area contributed by atoms with Crippen LogP contribution in [0.25, 0.3) is 0 Å². The molecule has 1 aliphatic rings. The van der Waals surface area contributed by atoms with Crippen molar-refractivity contribution in [3.63, 3.8) is 0 Å². The Balaban J connectivity index is 0.00000225. The van der Waals surface area contributed by atoms with Gasteiger partial charge in [-0.1, -0.05) is 5.21 Å². The van der Waals surface area contributed by atoms with Crippen LogP contribution in [-0.2, 0) is 17.9 Å². The molecule has 0 bridgehead atoms. The first-order chi connectivity index (χ1) is 11.7. The number of anilines is 1. The van der Waals surface area contributed by atoms with Crippen molar-refractivity contribution < 1.29 is 28.8 Å². The summed E-state index contributed by atoms with van der Waals surface area (Å²) in [7, 11) is 0. The summed E-state index contributed by atoms with van der Waals surface area (Å²) in [6.45, 7) is 4.86. The predicted molar refractivity (Wildman–Crippen MR) is 83.8 cm³/mol. The largest absolute Gasteiger partial charge is 1.00 e. The Morgan fingerprint density at radius 3 is 2.56 bits per heavy atom. The molecule has 0 radical (unpaired) electrons. The van der Waals surface area contributed by atoms with E-state index < -0.39 is 5.97 Å². The van der Waals surface area contributed by atoms with Gasteiger partial charge in [-0.2, -0.15) is 0 Å². The number of carbonyl (C=O) groups excluding carboxylic acids is 1. The molecular weight excluding hydrogens is 317 g/mol. The van der Waals surface area contributed by atoms with Gasteiger partial charge >= 0.3 is 18.9 Å². The second kappa shape index (κ2) is 9.51. The van der Waals surface area contributed by atoms with Crippen LogP contribution in [-0.4, -0.2) is 62.0 Å². The van der Waals surface area contributed by atoms with E-state index >= 15 is 0 Å². The van der Waals surface area contributed by atoms with Gasteiger partial charge in [0.25, 0.3) is 0 Å². The van der Waals surface area contributed by atoms with Gasteiger partial charge < -0.3 is 14.8 Å². The number of aliphatic carboxylic acids is 1. The van der Waals surface area contributed by atoms with E-state index in [4.69, 9.17) is 0 Å². The van der Waals surface area contributed by atoms with Crippen LogP contribution in [0.15, 0.2) is 24.7 Å². The quantitative estimate of drug-likeness (QED) is 0.470. The molecule has 2 aromatic heterocycles. The summed E-state index contributed by atoms with van der Waals surface area (Å²) in [5.74, 6) is -0.258. The van der Waals surface area contributed by atoms with E-state index in [9.17, 15) is 9.90 Å². The molecule has 0 spiro atoms. The van der Waals surface area contributed by atoms with Gasteiger partial charge in [-0.05, 0) is 18.9 Å². The molecule has 0 saturated carbocycles. The Kier molecular flexibility index (Phi) is 7.37. The van der Waals surface area contributed by atoms with Gasteiger partial charge in [0.15, 0.2) is 0 Å². The minimum atomic E-state index is -1.03. The number of carbonyl (C=O) groups is 1. The van der Waals surface area contributed by atoms with Crippen LogP contribution in [0.2, 0.25) is 0 Å². The Morgan fingerprint density at radius 2 is 1.88 bits per heavy atom. The number of rotatable bonds is 7. The van der Waals surface area contributed by atoms with Crippen molar-refractivity contribution in [1.29, 1.82) is 0 Å². The summed E-state index contributed by atoms with van der Waals surface area (Å²) < 4.78 is 1.69. The molecule has 0 aromatic carbocycles. The first-order valence-corrected chi connectivity index (χ1v) is 8.04. The van der Waals surface area contributed by atoms with Gasteiger partial charge in [0.2, 0.25) is 5.95 Å². The minimum absolute atomic E-state index is 0. The van der Waals surface area contributed by atoms with Gasteiger partial charge in [-0.3, -0.25) is 9.58 Å². The summed E-state index contributed by atoms with van der Waals surface area (Å²) in [5, 5.41) is 18.6. The number of carboxylic acid groups (broad SMARTS) is 1. The van der Waals surface area contributed by atoms with E-state index in [-0.39, 0.29) is 25.3 Å². The van der Waals surface area contributed by atoms with E-state index in [1.54, 1.807) is 17.1 Å².